The molecule has 1 aromatic carbocycles. The van der Waals surface area contributed by atoms with Crippen LogP contribution in [0.3, 0.4) is 0 Å². The van der Waals surface area contributed by atoms with Gasteiger partial charge in [0.2, 0.25) is 0 Å². The van der Waals surface area contributed by atoms with Crippen molar-refractivity contribution in [2.24, 2.45) is 0 Å². The lowest BCUT2D eigenvalue weighted by molar-refractivity contribution is -0.384. The van der Waals surface area contributed by atoms with Gasteiger partial charge in [0.25, 0.3) is 5.69 Å². The van der Waals surface area contributed by atoms with Crippen molar-refractivity contribution < 1.29 is 9.66 Å². The summed E-state index contributed by atoms with van der Waals surface area (Å²) in [5.74, 6) is 1.14. The average molecular weight is 225 g/mol. The standard InChI is InChI=1S/C10H11NO3S/c12-11(13)9-4-3-5-10(8-9)14-6-1-2-7-15/h1-5,8,15H,6-7H2. The molecule has 1 aromatic rings. The van der Waals surface area contributed by atoms with E-state index in [0.717, 1.165) is 0 Å². The summed E-state index contributed by atoms with van der Waals surface area (Å²) in [4.78, 5) is 10.0. The lowest BCUT2D eigenvalue weighted by Gasteiger charge is -2.01. The van der Waals surface area contributed by atoms with E-state index in [1.54, 1.807) is 12.1 Å². The summed E-state index contributed by atoms with van der Waals surface area (Å²) in [7, 11) is 0. The Bertz CT molecular complexity index is 365. The van der Waals surface area contributed by atoms with Crippen LogP contribution in [0.4, 0.5) is 5.69 Å². The Labute approximate surface area is 93.1 Å². The molecule has 4 nitrogen and oxygen atoms in total. The minimum Gasteiger partial charge on any atom is -0.489 e. The van der Waals surface area contributed by atoms with E-state index in [4.69, 9.17) is 4.74 Å². The van der Waals surface area contributed by atoms with Gasteiger partial charge in [-0.1, -0.05) is 18.2 Å². The maximum absolute atomic E-state index is 10.5. The molecular formula is C10H11NO3S. The molecule has 0 aliphatic rings. The topological polar surface area (TPSA) is 52.4 Å². The normalized spacial score (nSPS) is 10.5. The first-order valence-electron chi connectivity index (χ1n) is 4.37. The molecule has 80 valence electrons. The van der Waals surface area contributed by atoms with Gasteiger partial charge in [0.1, 0.15) is 12.4 Å². The van der Waals surface area contributed by atoms with Gasteiger partial charge in [0, 0.05) is 11.8 Å². The van der Waals surface area contributed by atoms with Gasteiger partial charge >= 0.3 is 0 Å². The molecule has 0 bridgehead atoms. The van der Waals surface area contributed by atoms with Gasteiger partial charge in [-0.2, -0.15) is 12.6 Å². The van der Waals surface area contributed by atoms with Crippen LogP contribution in [0.1, 0.15) is 0 Å². The van der Waals surface area contributed by atoms with E-state index >= 15 is 0 Å². The van der Waals surface area contributed by atoms with Crippen LogP contribution in [0, 0.1) is 10.1 Å². The van der Waals surface area contributed by atoms with Crippen LogP contribution < -0.4 is 4.74 Å². The Balaban J connectivity index is 2.58. The van der Waals surface area contributed by atoms with E-state index in [1.807, 2.05) is 12.2 Å². The second kappa shape index (κ2) is 6.08. The SMILES string of the molecule is O=[N+]([O-])c1cccc(OCC=CCS)c1. The Morgan fingerprint density at radius 2 is 2.27 bits per heavy atom. The summed E-state index contributed by atoms with van der Waals surface area (Å²) in [6.07, 6.45) is 3.66. The van der Waals surface area contributed by atoms with E-state index in [1.165, 1.54) is 12.1 Å². The van der Waals surface area contributed by atoms with E-state index in [9.17, 15) is 10.1 Å². The Hall–Kier alpha value is -1.49. The van der Waals surface area contributed by atoms with Crippen molar-refractivity contribution in [3.8, 4) is 5.75 Å². The molecule has 0 amide bonds. The van der Waals surface area contributed by atoms with Gasteiger partial charge in [-0.3, -0.25) is 10.1 Å². The lowest BCUT2D eigenvalue weighted by Crippen LogP contribution is -1.94. The number of nitro benzene ring substituents is 1. The highest BCUT2D eigenvalue weighted by molar-refractivity contribution is 7.80. The summed E-state index contributed by atoms with van der Waals surface area (Å²) >= 11 is 3.99. The first kappa shape index (κ1) is 11.6. The quantitative estimate of drug-likeness (QED) is 0.362. The number of nitro groups is 1. The number of ether oxygens (including phenoxy) is 1. The fraction of sp³-hybridized carbons (Fsp3) is 0.200. The summed E-state index contributed by atoms with van der Waals surface area (Å²) in [6.45, 7) is 0.391. The molecule has 0 atom stereocenters. The summed E-state index contributed by atoms with van der Waals surface area (Å²) in [5.41, 5.74) is 0.0330. The first-order chi connectivity index (χ1) is 7.24. The molecule has 0 aliphatic heterocycles. The molecule has 0 heterocycles. The van der Waals surface area contributed by atoms with Gasteiger partial charge in [0.15, 0.2) is 0 Å². The van der Waals surface area contributed by atoms with Crippen molar-refractivity contribution >= 4 is 18.3 Å². The van der Waals surface area contributed by atoms with Gasteiger partial charge < -0.3 is 4.74 Å². The number of rotatable bonds is 5. The molecular weight excluding hydrogens is 214 g/mol. The number of non-ortho nitro benzene ring substituents is 1. The molecule has 0 saturated heterocycles. The fourth-order valence-corrected chi connectivity index (χ4v) is 1.12. The molecule has 0 aliphatic carbocycles. The zero-order chi connectivity index (χ0) is 11.1. The molecule has 15 heavy (non-hydrogen) atoms. The Morgan fingerprint density at radius 1 is 1.47 bits per heavy atom. The first-order valence-corrected chi connectivity index (χ1v) is 5.00. The minimum absolute atomic E-state index is 0.0330. The third-order valence-electron chi connectivity index (χ3n) is 1.65. The van der Waals surface area contributed by atoms with Crippen molar-refractivity contribution in [2.75, 3.05) is 12.4 Å². The van der Waals surface area contributed by atoms with Crippen LogP contribution in [0.2, 0.25) is 0 Å². The van der Waals surface area contributed by atoms with E-state index in [0.29, 0.717) is 18.1 Å². The highest BCUT2D eigenvalue weighted by Crippen LogP contribution is 2.18. The number of nitrogens with zero attached hydrogens (tertiary/aromatic N) is 1. The summed E-state index contributed by atoms with van der Waals surface area (Å²) < 4.78 is 5.27. The third kappa shape index (κ3) is 4.03. The maximum atomic E-state index is 10.5. The van der Waals surface area contributed by atoms with Crippen LogP contribution in [0.5, 0.6) is 5.75 Å². The number of benzene rings is 1. The zero-order valence-electron chi connectivity index (χ0n) is 8.00. The van der Waals surface area contributed by atoms with Crippen molar-refractivity contribution in [2.45, 2.75) is 0 Å². The molecule has 0 unspecified atom stereocenters. The molecule has 1 rings (SSSR count). The van der Waals surface area contributed by atoms with Gasteiger partial charge in [-0.05, 0) is 6.07 Å². The molecule has 0 aromatic heterocycles. The van der Waals surface area contributed by atoms with E-state index in [-0.39, 0.29) is 5.69 Å². The van der Waals surface area contributed by atoms with Crippen molar-refractivity contribution in [3.63, 3.8) is 0 Å². The number of hydrogen-bond donors (Lipinski definition) is 1. The highest BCUT2D eigenvalue weighted by Gasteiger charge is 2.05. The van der Waals surface area contributed by atoms with Gasteiger partial charge in [-0.15, -0.1) is 0 Å². The van der Waals surface area contributed by atoms with Crippen molar-refractivity contribution in [1.29, 1.82) is 0 Å². The Morgan fingerprint density at radius 3 is 2.93 bits per heavy atom. The average Bonchev–Trinajstić information content (AvgIpc) is 2.25. The molecule has 0 N–H and O–H groups in total. The predicted octanol–water partition coefficient (Wildman–Crippen LogP) is 2.46. The predicted molar refractivity (Wildman–Crippen MR) is 61.6 cm³/mol. The minimum atomic E-state index is -0.448. The molecule has 0 saturated carbocycles. The molecule has 0 spiro atoms. The van der Waals surface area contributed by atoms with Crippen molar-refractivity contribution in [3.05, 3.63) is 46.5 Å². The van der Waals surface area contributed by atoms with Crippen LogP contribution in [0.25, 0.3) is 0 Å². The smallest absolute Gasteiger partial charge is 0.273 e. The Kier molecular flexibility index (Phi) is 4.70. The number of hydrogen-bond acceptors (Lipinski definition) is 4. The van der Waals surface area contributed by atoms with Crippen molar-refractivity contribution in [1.82, 2.24) is 0 Å². The molecule has 0 fully saturated rings. The van der Waals surface area contributed by atoms with Crippen LogP contribution in [0.15, 0.2) is 36.4 Å². The van der Waals surface area contributed by atoms with Gasteiger partial charge in [0.05, 0.1) is 11.0 Å². The molecule has 0 radical (unpaired) electrons. The van der Waals surface area contributed by atoms with E-state index < -0.39 is 4.92 Å². The second-order valence-corrected chi connectivity index (χ2v) is 3.08. The van der Waals surface area contributed by atoms with Crippen LogP contribution in [-0.2, 0) is 0 Å². The van der Waals surface area contributed by atoms with Crippen LogP contribution in [-0.4, -0.2) is 17.3 Å². The molecule has 5 heteroatoms. The second-order valence-electron chi connectivity index (χ2n) is 2.72. The zero-order valence-corrected chi connectivity index (χ0v) is 8.89. The third-order valence-corrected chi connectivity index (χ3v) is 1.86. The summed E-state index contributed by atoms with van der Waals surface area (Å²) in [5, 5.41) is 10.5. The maximum Gasteiger partial charge on any atom is 0.273 e. The van der Waals surface area contributed by atoms with E-state index in [2.05, 4.69) is 12.6 Å². The highest BCUT2D eigenvalue weighted by atomic mass is 32.1. The van der Waals surface area contributed by atoms with Gasteiger partial charge in [-0.25, -0.2) is 0 Å². The monoisotopic (exact) mass is 225 g/mol. The van der Waals surface area contributed by atoms with Crippen LogP contribution >= 0.6 is 12.6 Å². The lowest BCUT2D eigenvalue weighted by atomic mass is 10.3. The largest absolute Gasteiger partial charge is 0.489 e. The summed E-state index contributed by atoms with van der Waals surface area (Å²) in [6, 6.07) is 6.10. The number of thiol groups is 1. The fourth-order valence-electron chi connectivity index (χ4n) is 0.974.